The summed E-state index contributed by atoms with van der Waals surface area (Å²) in [4.78, 5) is 5.22. The van der Waals surface area contributed by atoms with Crippen LogP contribution in [0.15, 0.2) is 29.4 Å². The van der Waals surface area contributed by atoms with Crippen molar-refractivity contribution in [2.75, 3.05) is 5.75 Å². The Kier molecular flexibility index (Phi) is 4.64. The van der Waals surface area contributed by atoms with Gasteiger partial charge >= 0.3 is 0 Å². The number of hydrogen-bond acceptors (Lipinski definition) is 3. The number of rotatable bonds is 5. The first kappa shape index (κ1) is 12.1. The molecule has 0 aromatic carbocycles. The van der Waals surface area contributed by atoms with Crippen molar-refractivity contribution in [1.29, 1.82) is 5.26 Å². The summed E-state index contributed by atoms with van der Waals surface area (Å²) in [6.07, 6.45) is 5.65. The molecular formula is C12H16N2S. The quantitative estimate of drug-likeness (QED) is 0.563. The summed E-state index contributed by atoms with van der Waals surface area (Å²) in [5.41, 5.74) is -0.182. The fraction of sp³-hybridized carbons (Fsp3) is 0.500. The van der Waals surface area contributed by atoms with Crippen LogP contribution in [0.2, 0.25) is 0 Å². The molecule has 0 fully saturated rings. The topological polar surface area (TPSA) is 36.7 Å². The van der Waals surface area contributed by atoms with E-state index < -0.39 is 0 Å². The lowest BCUT2D eigenvalue weighted by molar-refractivity contribution is 0.448. The van der Waals surface area contributed by atoms with Crippen LogP contribution in [-0.4, -0.2) is 10.7 Å². The van der Waals surface area contributed by atoms with Crippen molar-refractivity contribution >= 4 is 11.8 Å². The van der Waals surface area contributed by atoms with Gasteiger partial charge in [0.15, 0.2) is 0 Å². The smallest absolute Gasteiger partial charge is 0.0683 e. The van der Waals surface area contributed by atoms with Crippen LogP contribution in [0, 0.1) is 16.7 Å². The highest BCUT2D eigenvalue weighted by atomic mass is 32.2. The van der Waals surface area contributed by atoms with Gasteiger partial charge in [0, 0.05) is 17.3 Å². The maximum atomic E-state index is 8.85. The standard InChI is InChI=1S/C12H16N2S/c1-12(2,10-13)6-3-9-15-11-4-7-14-8-5-11/h4-5,7-8H,3,6,9H2,1-2H3. The summed E-state index contributed by atoms with van der Waals surface area (Å²) < 4.78 is 0. The molecule has 15 heavy (non-hydrogen) atoms. The molecular weight excluding hydrogens is 204 g/mol. The molecule has 0 saturated heterocycles. The van der Waals surface area contributed by atoms with Crippen LogP contribution in [0.1, 0.15) is 26.7 Å². The largest absolute Gasteiger partial charge is 0.265 e. The molecule has 0 bridgehead atoms. The second kappa shape index (κ2) is 5.77. The zero-order valence-electron chi connectivity index (χ0n) is 9.23. The van der Waals surface area contributed by atoms with Crippen LogP contribution >= 0.6 is 11.8 Å². The zero-order chi connectivity index (χ0) is 11.1. The van der Waals surface area contributed by atoms with Crippen LogP contribution in [-0.2, 0) is 0 Å². The van der Waals surface area contributed by atoms with E-state index in [-0.39, 0.29) is 5.41 Å². The van der Waals surface area contributed by atoms with Crippen LogP contribution in [0.25, 0.3) is 0 Å². The highest BCUT2D eigenvalue weighted by Crippen LogP contribution is 2.24. The van der Waals surface area contributed by atoms with Crippen molar-refractivity contribution < 1.29 is 0 Å². The minimum atomic E-state index is -0.182. The van der Waals surface area contributed by atoms with Crippen LogP contribution < -0.4 is 0 Å². The van der Waals surface area contributed by atoms with Crippen molar-refractivity contribution in [3.8, 4) is 6.07 Å². The average molecular weight is 220 g/mol. The van der Waals surface area contributed by atoms with E-state index in [4.69, 9.17) is 5.26 Å². The van der Waals surface area contributed by atoms with E-state index in [0.29, 0.717) is 0 Å². The monoisotopic (exact) mass is 220 g/mol. The Balaban J connectivity index is 2.21. The fourth-order valence-electron chi connectivity index (χ4n) is 1.19. The Hall–Kier alpha value is -1.01. The predicted octanol–water partition coefficient (Wildman–Crippen LogP) is 3.50. The fourth-order valence-corrected chi connectivity index (χ4v) is 2.03. The molecule has 0 aliphatic heterocycles. The average Bonchev–Trinajstić information content (AvgIpc) is 2.26. The van der Waals surface area contributed by atoms with E-state index in [0.717, 1.165) is 18.6 Å². The van der Waals surface area contributed by atoms with Gasteiger partial charge in [0.25, 0.3) is 0 Å². The van der Waals surface area contributed by atoms with Crippen LogP contribution in [0.3, 0.4) is 0 Å². The molecule has 1 rings (SSSR count). The van der Waals surface area contributed by atoms with E-state index in [9.17, 15) is 0 Å². The van der Waals surface area contributed by atoms with Gasteiger partial charge in [-0.25, -0.2) is 0 Å². The minimum Gasteiger partial charge on any atom is -0.265 e. The molecule has 1 heterocycles. The number of nitriles is 1. The van der Waals surface area contributed by atoms with Crippen molar-refractivity contribution in [3.63, 3.8) is 0 Å². The maximum absolute atomic E-state index is 8.85. The van der Waals surface area contributed by atoms with Crippen molar-refractivity contribution in [3.05, 3.63) is 24.5 Å². The van der Waals surface area contributed by atoms with Gasteiger partial charge in [0.1, 0.15) is 0 Å². The first-order valence-corrected chi connectivity index (χ1v) is 6.07. The van der Waals surface area contributed by atoms with Gasteiger partial charge in [-0.1, -0.05) is 0 Å². The van der Waals surface area contributed by atoms with E-state index in [2.05, 4.69) is 11.1 Å². The second-order valence-corrected chi connectivity index (χ2v) is 5.30. The van der Waals surface area contributed by atoms with Gasteiger partial charge in [-0.15, -0.1) is 11.8 Å². The van der Waals surface area contributed by atoms with Crippen molar-refractivity contribution in [1.82, 2.24) is 4.98 Å². The first-order chi connectivity index (χ1) is 7.14. The van der Waals surface area contributed by atoms with Crippen molar-refractivity contribution in [2.45, 2.75) is 31.6 Å². The lowest BCUT2D eigenvalue weighted by atomic mass is 9.90. The normalized spacial score (nSPS) is 11.0. The van der Waals surface area contributed by atoms with Gasteiger partial charge < -0.3 is 0 Å². The molecule has 80 valence electrons. The molecule has 0 amide bonds. The Bertz CT molecular complexity index is 327. The third-order valence-electron chi connectivity index (χ3n) is 2.17. The molecule has 0 spiro atoms. The third kappa shape index (κ3) is 4.85. The Labute approximate surface area is 95.7 Å². The highest BCUT2D eigenvalue weighted by Gasteiger charge is 2.15. The predicted molar refractivity (Wildman–Crippen MR) is 63.6 cm³/mol. The van der Waals surface area contributed by atoms with Gasteiger partial charge in [-0.3, -0.25) is 4.98 Å². The molecule has 2 nitrogen and oxygen atoms in total. The second-order valence-electron chi connectivity index (χ2n) is 4.13. The van der Waals surface area contributed by atoms with Gasteiger partial charge in [0.05, 0.1) is 11.5 Å². The Morgan fingerprint density at radius 2 is 2.07 bits per heavy atom. The van der Waals surface area contributed by atoms with E-state index in [1.165, 1.54) is 4.90 Å². The first-order valence-electron chi connectivity index (χ1n) is 5.08. The maximum Gasteiger partial charge on any atom is 0.0683 e. The molecule has 1 aromatic rings. The van der Waals surface area contributed by atoms with Crippen LogP contribution in [0.4, 0.5) is 0 Å². The van der Waals surface area contributed by atoms with Gasteiger partial charge in [-0.2, -0.15) is 5.26 Å². The molecule has 3 heteroatoms. The summed E-state index contributed by atoms with van der Waals surface area (Å²) in [6.45, 7) is 3.98. The molecule has 0 atom stereocenters. The number of pyridine rings is 1. The third-order valence-corrected chi connectivity index (χ3v) is 3.27. The minimum absolute atomic E-state index is 0.182. The van der Waals surface area contributed by atoms with Crippen LogP contribution in [0.5, 0.6) is 0 Å². The SMILES string of the molecule is CC(C)(C#N)CCCSc1ccncc1. The van der Waals surface area contributed by atoms with Crippen molar-refractivity contribution in [2.24, 2.45) is 5.41 Å². The number of nitrogens with zero attached hydrogens (tertiary/aromatic N) is 2. The molecule has 0 aliphatic rings. The number of thioether (sulfide) groups is 1. The summed E-state index contributed by atoms with van der Waals surface area (Å²) in [5.74, 6) is 1.06. The van der Waals surface area contributed by atoms with E-state index in [1.807, 2.05) is 50.1 Å². The van der Waals surface area contributed by atoms with E-state index in [1.54, 1.807) is 0 Å². The molecule has 0 radical (unpaired) electrons. The molecule has 0 N–H and O–H groups in total. The Morgan fingerprint density at radius 3 is 2.67 bits per heavy atom. The Morgan fingerprint density at radius 1 is 1.40 bits per heavy atom. The van der Waals surface area contributed by atoms with E-state index >= 15 is 0 Å². The lowest BCUT2D eigenvalue weighted by Gasteiger charge is -2.13. The van der Waals surface area contributed by atoms with Gasteiger partial charge in [-0.05, 0) is 44.6 Å². The summed E-state index contributed by atoms with van der Waals surface area (Å²) >= 11 is 1.82. The molecule has 0 unspecified atom stereocenters. The number of aromatic nitrogens is 1. The highest BCUT2D eigenvalue weighted by molar-refractivity contribution is 7.99. The summed E-state index contributed by atoms with van der Waals surface area (Å²) in [5, 5.41) is 8.85. The molecule has 0 saturated carbocycles. The summed E-state index contributed by atoms with van der Waals surface area (Å²) in [7, 11) is 0. The molecule has 0 aliphatic carbocycles. The number of hydrogen-bond donors (Lipinski definition) is 0. The molecule has 1 aromatic heterocycles. The summed E-state index contributed by atoms with van der Waals surface area (Å²) in [6, 6.07) is 6.35. The zero-order valence-corrected chi connectivity index (χ0v) is 10.0. The lowest BCUT2D eigenvalue weighted by Crippen LogP contribution is -2.07. The van der Waals surface area contributed by atoms with Gasteiger partial charge in [0.2, 0.25) is 0 Å².